The minimum Gasteiger partial charge on any atom is -0.368 e. The van der Waals surface area contributed by atoms with Gasteiger partial charge in [-0.05, 0) is 36.8 Å². The van der Waals surface area contributed by atoms with Gasteiger partial charge in [-0.2, -0.15) is 15.0 Å². The van der Waals surface area contributed by atoms with Gasteiger partial charge >= 0.3 is 0 Å². The van der Waals surface area contributed by atoms with E-state index in [4.69, 9.17) is 17.3 Å². The third kappa shape index (κ3) is 2.95. The summed E-state index contributed by atoms with van der Waals surface area (Å²) in [5, 5.41) is 3.69. The first-order valence-electron chi connectivity index (χ1n) is 5.24. The summed E-state index contributed by atoms with van der Waals surface area (Å²) in [6.45, 7) is 5.58. The van der Waals surface area contributed by atoms with Crippen molar-refractivity contribution in [1.82, 2.24) is 15.0 Å². The molecule has 0 unspecified atom stereocenters. The highest BCUT2D eigenvalue weighted by molar-refractivity contribution is 6.30. The molecular weight excluding hydrogens is 250 g/mol. The maximum atomic E-state index is 5.81. The number of anilines is 3. The standard InChI is InChI=1S/C12H12ClN5/c1-7(2)10-16-11(14)18-12(17-10)15-9-5-3-8(13)4-6-9/h3-6H,1H2,2H3,(H3,14,15,16,17,18). The number of hydrogen-bond donors (Lipinski definition) is 2. The Labute approximate surface area is 110 Å². The molecule has 0 radical (unpaired) electrons. The maximum Gasteiger partial charge on any atom is 0.232 e. The number of hydrogen-bond acceptors (Lipinski definition) is 5. The molecule has 0 aliphatic rings. The number of allylic oxidation sites excluding steroid dienone is 1. The van der Waals surface area contributed by atoms with Gasteiger partial charge in [0.05, 0.1) is 0 Å². The second kappa shape index (κ2) is 5.01. The monoisotopic (exact) mass is 261 g/mol. The van der Waals surface area contributed by atoms with E-state index in [2.05, 4.69) is 26.8 Å². The summed E-state index contributed by atoms with van der Waals surface area (Å²) in [6.07, 6.45) is 0. The summed E-state index contributed by atoms with van der Waals surface area (Å²) >= 11 is 5.81. The summed E-state index contributed by atoms with van der Waals surface area (Å²) < 4.78 is 0. The van der Waals surface area contributed by atoms with Gasteiger partial charge in [-0.3, -0.25) is 0 Å². The van der Waals surface area contributed by atoms with E-state index in [1.54, 1.807) is 19.1 Å². The van der Waals surface area contributed by atoms with Crippen molar-refractivity contribution in [2.45, 2.75) is 6.92 Å². The van der Waals surface area contributed by atoms with E-state index in [1.807, 2.05) is 12.1 Å². The van der Waals surface area contributed by atoms with Gasteiger partial charge in [0.25, 0.3) is 0 Å². The number of benzene rings is 1. The first kappa shape index (κ1) is 12.3. The molecule has 0 aliphatic carbocycles. The van der Waals surface area contributed by atoms with E-state index in [9.17, 15) is 0 Å². The number of nitrogens with one attached hydrogen (secondary N) is 1. The van der Waals surface area contributed by atoms with Crippen LogP contribution >= 0.6 is 11.6 Å². The fourth-order valence-electron chi connectivity index (χ4n) is 1.30. The van der Waals surface area contributed by atoms with Gasteiger partial charge in [0.2, 0.25) is 11.9 Å². The molecule has 3 N–H and O–H groups in total. The zero-order valence-corrected chi connectivity index (χ0v) is 10.6. The average molecular weight is 262 g/mol. The van der Waals surface area contributed by atoms with Crippen LogP contribution < -0.4 is 11.1 Å². The minimum atomic E-state index is 0.152. The van der Waals surface area contributed by atoms with Gasteiger partial charge in [0, 0.05) is 10.7 Å². The number of rotatable bonds is 3. The van der Waals surface area contributed by atoms with Crippen LogP contribution in [0.15, 0.2) is 30.8 Å². The predicted molar refractivity (Wildman–Crippen MR) is 73.7 cm³/mol. The minimum absolute atomic E-state index is 0.152. The van der Waals surface area contributed by atoms with Crippen molar-refractivity contribution in [1.29, 1.82) is 0 Å². The largest absolute Gasteiger partial charge is 0.368 e. The fraction of sp³-hybridized carbons (Fsp3) is 0.0833. The van der Waals surface area contributed by atoms with Crippen LogP contribution in [0.1, 0.15) is 12.7 Å². The van der Waals surface area contributed by atoms with Crippen LogP contribution in [0.5, 0.6) is 0 Å². The Bertz CT molecular complexity index is 580. The van der Waals surface area contributed by atoms with E-state index in [0.717, 1.165) is 11.3 Å². The molecule has 5 nitrogen and oxygen atoms in total. The average Bonchev–Trinajstić information content (AvgIpc) is 2.31. The molecule has 2 rings (SSSR count). The molecule has 1 heterocycles. The van der Waals surface area contributed by atoms with Gasteiger partial charge in [-0.1, -0.05) is 18.2 Å². The first-order chi connectivity index (χ1) is 8.54. The van der Waals surface area contributed by atoms with Crippen LogP contribution in [-0.2, 0) is 0 Å². The van der Waals surface area contributed by atoms with Crippen molar-refractivity contribution in [3.8, 4) is 0 Å². The normalized spacial score (nSPS) is 10.1. The van der Waals surface area contributed by atoms with Crippen molar-refractivity contribution < 1.29 is 0 Å². The van der Waals surface area contributed by atoms with E-state index < -0.39 is 0 Å². The molecule has 0 spiro atoms. The van der Waals surface area contributed by atoms with Crippen LogP contribution in [0.2, 0.25) is 5.02 Å². The van der Waals surface area contributed by atoms with Gasteiger partial charge in [-0.25, -0.2) is 0 Å². The molecule has 0 saturated heterocycles. The molecule has 0 atom stereocenters. The van der Waals surface area contributed by atoms with E-state index in [-0.39, 0.29) is 5.95 Å². The molecule has 18 heavy (non-hydrogen) atoms. The van der Waals surface area contributed by atoms with Crippen LogP contribution in [0.3, 0.4) is 0 Å². The van der Waals surface area contributed by atoms with E-state index in [1.165, 1.54) is 0 Å². The zero-order chi connectivity index (χ0) is 13.1. The molecular formula is C12H12ClN5. The lowest BCUT2D eigenvalue weighted by molar-refractivity contribution is 1.04. The number of nitrogen functional groups attached to an aromatic ring is 1. The third-order valence-electron chi connectivity index (χ3n) is 2.13. The second-order valence-electron chi connectivity index (χ2n) is 3.75. The van der Waals surface area contributed by atoms with Gasteiger partial charge in [-0.15, -0.1) is 0 Å². The van der Waals surface area contributed by atoms with Crippen molar-refractivity contribution in [2.75, 3.05) is 11.1 Å². The Balaban J connectivity index is 2.28. The van der Waals surface area contributed by atoms with Crippen LogP contribution in [-0.4, -0.2) is 15.0 Å². The van der Waals surface area contributed by atoms with Crippen LogP contribution in [0.4, 0.5) is 17.6 Å². The molecule has 1 aromatic carbocycles. The lowest BCUT2D eigenvalue weighted by Gasteiger charge is -2.07. The van der Waals surface area contributed by atoms with E-state index in [0.29, 0.717) is 16.8 Å². The highest BCUT2D eigenvalue weighted by atomic mass is 35.5. The topological polar surface area (TPSA) is 76.7 Å². The molecule has 2 aromatic rings. The van der Waals surface area contributed by atoms with E-state index >= 15 is 0 Å². The highest BCUT2D eigenvalue weighted by Gasteiger charge is 2.05. The number of aromatic nitrogens is 3. The smallest absolute Gasteiger partial charge is 0.232 e. The predicted octanol–water partition coefficient (Wildman–Crippen LogP) is 2.88. The quantitative estimate of drug-likeness (QED) is 0.888. The maximum absolute atomic E-state index is 5.81. The SMILES string of the molecule is C=C(C)c1nc(N)nc(Nc2ccc(Cl)cc2)n1. The molecule has 0 aliphatic heterocycles. The van der Waals surface area contributed by atoms with Crippen LogP contribution in [0.25, 0.3) is 5.57 Å². The molecule has 0 fully saturated rings. The summed E-state index contributed by atoms with van der Waals surface area (Å²) in [5.41, 5.74) is 7.15. The fourth-order valence-corrected chi connectivity index (χ4v) is 1.43. The molecule has 92 valence electrons. The Morgan fingerprint density at radius 3 is 2.50 bits per heavy atom. The number of nitrogens with zero attached hydrogens (tertiary/aromatic N) is 3. The third-order valence-corrected chi connectivity index (χ3v) is 2.39. The Morgan fingerprint density at radius 2 is 1.89 bits per heavy atom. The molecule has 0 amide bonds. The highest BCUT2D eigenvalue weighted by Crippen LogP contribution is 2.17. The lowest BCUT2D eigenvalue weighted by Crippen LogP contribution is -2.06. The zero-order valence-electron chi connectivity index (χ0n) is 9.81. The Morgan fingerprint density at radius 1 is 1.22 bits per heavy atom. The molecule has 1 aromatic heterocycles. The Hall–Kier alpha value is -2.14. The molecule has 6 heteroatoms. The van der Waals surface area contributed by atoms with Gasteiger partial charge in [0.1, 0.15) is 0 Å². The molecule has 0 saturated carbocycles. The Kier molecular flexibility index (Phi) is 3.43. The van der Waals surface area contributed by atoms with Crippen molar-refractivity contribution >= 4 is 34.8 Å². The van der Waals surface area contributed by atoms with Crippen molar-refractivity contribution in [2.24, 2.45) is 0 Å². The van der Waals surface area contributed by atoms with Crippen molar-refractivity contribution in [3.63, 3.8) is 0 Å². The van der Waals surface area contributed by atoms with Gasteiger partial charge < -0.3 is 11.1 Å². The lowest BCUT2D eigenvalue weighted by atomic mass is 10.3. The molecule has 0 bridgehead atoms. The second-order valence-corrected chi connectivity index (χ2v) is 4.19. The summed E-state index contributed by atoms with van der Waals surface area (Å²) in [5.74, 6) is 1.00. The number of halogens is 1. The van der Waals surface area contributed by atoms with Crippen LogP contribution in [0, 0.1) is 0 Å². The van der Waals surface area contributed by atoms with Gasteiger partial charge in [0.15, 0.2) is 5.82 Å². The summed E-state index contributed by atoms with van der Waals surface area (Å²) in [4.78, 5) is 12.2. The first-order valence-corrected chi connectivity index (χ1v) is 5.62. The van der Waals surface area contributed by atoms with Crippen molar-refractivity contribution in [3.05, 3.63) is 41.7 Å². The summed E-state index contributed by atoms with van der Waals surface area (Å²) in [7, 11) is 0. The summed E-state index contributed by atoms with van der Waals surface area (Å²) in [6, 6.07) is 7.19. The number of nitrogens with two attached hydrogens (primary N) is 1.